The van der Waals surface area contributed by atoms with Crippen molar-refractivity contribution in [1.29, 1.82) is 0 Å². The summed E-state index contributed by atoms with van der Waals surface area (Å²) in [6, 6.07) is 18.3. The average Bonchev–Trinajstić information content (AvgIpc) is 2.93. The van der Waals surface area contributed by atoms with Gasteiger partial charge in [0.1, 0.15) is 18.3 Å². The molecule has 0 unspecified atom stereocenters. The van der Waals surface area contributed by atoms with Crippen LogP contribution >= 0.6 is 23.2 Å². The van der Waals surface area contributed by atoms with Gasteiger partial charge in [0.15, 0.2) is 0 Å². The summed E-state index contributed by atoms with van der Waals surface area (Å²) in [4.78, 5) is 28.4. The predicted octanol–water partition coefficient (Wildman–Crippen LogP) is 5.14. The number of halogens is 2. The van der Waals surface area contributed by atoms with E-state index in [1.807, 2.05) is 0 Å². The van der Waals surface area contributed by atoms with E-state index in [1.54, 1.807) is 74.5 Å². The van der Waals surface area contributed by atoms with E-state index in [0.29, 0.717) is 28.6 Å². The van der Waals surface area contributed by atoms with Gasteiger partial charge in [0, 0.05) is 23.1 Å². The minimum atomic E-state index is -4.20. The van der Waals surface area contributed by atoms with Gasteiger partial charge in [-0.25, -0.2) is 8.42 Å². The molecule has 1 atom stereocenters. The topological polar surface area (TPSA) is 96.0 Å². The lowest BCUT2D eigenvalue weighted by Gasteiger charge is -2.33. The smallest absolute Gasteiger partial charge is 0.264 e. The highest BCUT2D eigenvalue weighted by Gasteiger charge is 2.34. The largest absolute Gasteiger partial charge is 0.495 e. The number of anilines is 1. The number of benzene rings is 3. The van der Waals surface area contributed by atoms with E-state index in [9.17, 15) is 18.0 Å². The first-order chi connectivity index (χ1) is 18.6. The summed E-state index contributed by atoms with van der Waals surface area (Å²) in [5, 5.41) is 3.51. The lowest BCUT2D eigenvalue weighted by Crippen LogP contribution is -2.52. The second-order valence-corrected chi connectivity index (χ2v) is 11.3. The summed E-state index contributed by atoms with van der Waals surface area (Å²) in [5.41, 5.74) is 0.750. The summed E-state index contributed by atoms with van der Waals surface area (Å²) in [6.45, 7) is 3.31. The molecule has 0 radical (unpaired) electrons. The average molecular weight is 593 g/mol. The summed E-state index contributed by atoms with van der Waals surface area (Å²) in [6.07, 6.45) is 0.295. The van der Waals surface area contributed by atoms with Crippen LogP contribution in [0.4, 0.5) is 5.69 Å². The van der Waals surface area contributed by atoms with Gasteiger partial charge in [0.05, 0.1) is 17.7 Å². The van der Waals surface area contributed by atoms with Crippen molar-refractivity contribution in [3.8, 4) is 5.75 Å². The van der Waals surface area contributed by atoms with E-state index in [1.165, 1.54) is 24.1 Å². The maximum Gasteiger partial charge on any atom is 0.264 e. The van der Waals surface area contributed by atoms with E-state index in [0.717, 1.165) is 4.31 Å². The van der Waals surface area contributed by atoms with Gasteiger partial charge in [-0.1, -0.05) is 66.5 Å². The number of methoxy groups -OCH3 is 1. The molecule has 0 bridgehead atoms. The van der Waals surface area contributed by atoms with E-state index >= 15 is 0 Å². The molecule has 208 valence electrons. The number of nitrogens with one attached hydrogen (secondary N) is 1. The number of carbonyl (C=O) groups excluding carboxylic acids is 2. The zero-order valence-electron chi connectivity index (χ0n) is 21.9. The van der Waals surface area contributed by atoms with Gasteiger partial charge in [-0.05, 0) is 55.3 Å². The molecule has 0 saturated heterocycles. The molecular weight excluding hydrogens is 561 g/mol. The molecule has 3 aromatic rings. The van der Waals surface area contributed by atoms with Crippen LogP contribution in [0.3, 0.4) is 0 Å². The van der Waals surface area contributed by atoms with Crippen LogP contribution in [0.15, 0.2) is 77.7 Å². The van der Waals surface area contributed by atoms with Crippen LogP contribution in [0.25, 0.3) is 0 Å². The van der Waals surface area contributed by atoms with E-state index in [2.05, 4.69) is 5.32 Å². The van der Waals surface area contributed by atoms with E-state index in [-0.39, 0.29) is 28.8 Å². The Morgan fingerprint density at radius 2 is 1.64 bits per heavy atom. The van der Waals surface area contributed by atoms with Crippen molar-refractivity contribution in [2.75, 3.05) is 24.5 Å². The van der Waals surface area contributed by atoms with Crippen LogP contribution < -0.4 is 14.4 Å². The van der Waals surface area contributed by atoms with Gasteiger partial charge in [0.2, 0.25) is 11.8 Å². The zero-order chi connectivity index (χ0) is 28.6. The standard InChI is InChI=1S/C28H31Cl2N3O5S/c1-4-24(28(35)31-5-2)32(18-20-15-16-21(29)17-23(20)30)27(34)19-33(25-13-9-10-14-26(25)38-3)39(36,37)22-11-7-6-8-12-22/h6-17,24H,4-5,18-19H2,1-3H3,(H,31,35)/t24-/m1/s1. The molecule has 1 N–H and O–H groups in total. The molecule has 0 aliphatic rings. The van der Waals surface area contributed by atoms with Crippen molar-refractivity contribution < 1.29 is 22.7 Å². The van der Waals surface area contributed by atoms with Crippen molar-refractivity contribution >= 4 is 50.7 Å². The van der Waals surface area contributed by atoms with Gasteiger partial charge < -0.3 is 15.0 Å². The number of hydrogen-bond acceptors (Lipinski definition) is 5. The number of sulfonamides is 1. The Balaban J connectivity index is 2.11. The van der Waals surface area contributed by atoms with Crippen molar-refractivity contribution in [3.63, 3.8) is 0 Å². The number of hydrogen-bond donors (Lipinski definition) is 1. The second kappa shape index (κ2) is 13.7. The number of rotatable bonds is 12. The maximum absolute atomic E-state index is 14.0. The minimum absolute atomic E-state index is 0.00627. The fraction of sp³-hybridized carbons (Fsp3) is 0.286. The first-order valence-corrected chi connectivity index (χ1v) is 14.6. The van der Waals surface area contributed by atoms with Crippen LogP contribution in [0.2, 0.25) is 10.0 Å². The molecule has 0 saturated carbocycles. The SMILES string of the molecule is CCNC(=O)[C@@H](CC)N(Cc1ccc(Cl)cc1Cl)C(=O)CN(c1ccccc1OC)S(=O)(=O)c1ccccc1. The van der Waals surface area contributed by atoms with Crippen molar-refractivity contribution in [2.45, 2.75) is 37.8 Å². The van der Waals surface area contributed by atoms with Gasteiger partial charge in [-0.2, -0.15) is 0 Å². The molecule has 0 heterocycles. The monoisotopic (exact) mass is 591 g/mol. The lowest BCUT2D eigenvalue weighted by atomic mass is 10.1. The van der Waals surface area contributed by atoms with Crippen molar-refractivity contribution in [2.24, 2.45) is 0 Å². The highest BCUT2D eigenvalue weighted by Crippen LogP contribution is 2.33. The van der Waals surface area contributed by atoms with Gasteiger partial charge >= 0.3 is 0 Å². The normalized spacial score (nSPS) is 11.9. The molecule has 0 spiro atoms. The molecule has 0 fully saturated rings. The summed E-state index contributed by atoms with van der Waals surface area (Å²) in [5.74, 6) is -0.675. The molecular formula is C28H31Cl2N3O5S. The van der Waals surface area contributed by atoms with Crippen LogP contribution in [-0.4, -0.2) is 51.4 Å². The third kappa shape index (κ3) is 7.23. The maximum atomic E-state index is 14.0. The summed E-state index contributed by atoms with van der Waals surface area (Å²) >= 11 is 12.5. The zero-order valence-corrected chi connectivity index (χ0v) is 24.3. The van der Waals surface area contributed by atoms with Gasteiger partial charge in [-0.3, -0.25) is 13.9 Å². The van der Waals surface area contributed by atoms with Gasteiger partial charge in [-0.15, -0.1) is 0 Å². The van der Waals surface area contributed by atoms with Crippen molar-refractivity contribution in [3.05, 3.63) is 88.4 Å². The first-order valence-electron chi connectivity index (χ1n) is 12.4. The third-order valence-electron chi connectivity index (χ3n) is 6.06. The molecule has 3 aromatic carbocycles. The number of carbonyl (C=O) groups is 2. The number of amides is 2. The molecule has 11 heteroatoms. The third-order valence-corrected chi connectivity index (χ3v) is 8.42. The Labute approximate surface area is 239 Å². The van der Waals surface area contributed by atoms with Crippen LogP contribution in [0.5, 0.6) is 5.75 Å². The molecule has 0 aliphatic carbocycles. The van der Waals surface area contributed by atoms with Crippen LogP contribution in [0, 0.1) is 0 Å². The Morgan fingerprint density at radius 3 is 2.26 bits per heavy atom. The fourth-order valence-electron chi connectivity index (χ4n) is 4.11. The number of nitrogens with zero attached hydrogens (tertiary/aromatic N) is 2. The molecule has 39 heavy (non-hydrogen) atoms. The lowest BCUT2D eigenvalue weighted by molar-refractivity contribution is -0.140. The Kier molecular flexibility index (Phi) is 10.6. The predicted molar refractivity (Wildman–Crippen MR) is 154 cm³/mol. The molecule has 2 amide bonds. The number of likely N-dealkylation sites (N-methyl/N-ethyl adjacent to an activating group) is 1. The van der Waals surface area contributed by atoms with Crippen LogP contribution in [0.1, 0.15) is 25.8 Å². The highest BCUT2D eigenvalue weighted by atomic mass is 35.5. The fourth-order valence-corrected chi connectivity index (χ4v) is 6.03. The minimum Gasteiger partial charge on any atom is -0.495 e. The Morgan fingerprint density at radius 1 is 0.974 bits per heavy atom. The quantitative estimate of drug-likeness (QED) is 0.314. The van der Waals surface area contributed by atoms with E-state index in [4.69, 9.17) is 27.9 Å². The molecule has 3 rings (SSSR count). The van der Waals surface area contributed by atoms with Crippen molar-refractivity contribution in [1.82, 2.24) is 10.2 Å². The summed E-state index contributed by atoms with van der Waals surface area (Å²) in [7, 11) is -2.78. The summed E-state index contributed by atoms with van der Waals surface area (Å²) < 4.78 is 34.2. The van der Waals surface area contributed by atoms with E-state index < -0.39 is 28.5 Å². The number of para-hydroxylation sites is 2. The molecule has 8 nitrogen and oxygen atoms in total. The second-order valence-electron chi connectivity index (χ2n) is 8.57. The van der Waals surface area contributed by atoms with Crippen LogP contribution in [-0.2, 0) is 26.2 Å². The molecule has 0 aliphatic heterocycles. The van der Waals surface area contributed by atoms with Gasteiger partial charge in [0.25, 0.3) is 10.0 Å². The molecule has 0 aromatic heterocycles. The Hall–Kier alpha value is -3.27. The highest BCUT2D eigenvalue weighted by molar-refractivity contribution is 7.92. The first kappa shape index (κ1) is 30.3. The Bertz CT molecular complexity index is 1400. The number of ether oxygens (including phenoxy) is 1.